The number of benzene rings is 1. The lowest BCUT2D eigenvalue weighted by Gasteiger charge is -2.35. The Morgan fingerprint density at radius 2 is 2.04 bits per heavy atom. The van der Waals surface area contributed by atoms with Crippen molar-refractivity contribution in [2.45, 2.75) is 45.3 Å². The molecular formula is C19H26N2O5. The van der Waals surface area contributed by atoms with Gasteiger partial charge in [-0.3, -0.25) is 4.79 Å². The SMILES string of the molecule is COC(=O)c1cc(C=O)ccc1N1CCC[C@@H](NC(=O)OC(C)(C)C)C1. The molecule has 0 aromatic heterocycles. The minimum Gasteiger partial charge on any atom is -0.465 e. The smallest absolute Gasteiger partial charge is 0.407 e. The van der Waals surface area contributed by atoms with Gasteiger partial charge in [0.15, 0.2) is 0 Å². The number of methoxy groups -OCH3 is 1. The fraction of sp³-hybridized carbons (Fsp3) is 0.526. The van der Waals surface area contributed by atoms with Gasteiger partial charge in [-0.1, -0.05) is 0 Å². The van der Waals surface area contributed by atoms with Crippen LogP contribution in [0.4, 0.5) is 10.5 Å². The number of rotatable bonds is 4. The zero-order chi connectivity index (χ0) is 19.3. The molecular weight excluding hydrogens is 336 g/mol. The van der Waals surface area contributed by atoms with Gasteiger partial charge in [-0.15, -0.1) is 0 Å². The van der Waals surface area contributed by atoms with Crippen molar-refractivity contribution >= 4 is 24.0 Å². The summed E-state index contributed by atoms with van der Waals surface area (Å²) in [4.78, 5) is 37.2. The van der Waals surface area contributed by atoms with E-state index in [9.17, 15) is 14.4 Å². The summed E-state index contributed by atoms with van der Waals surface area (Å²) in [6.07, 6.45) is 1.93. The molecule has 26 heavy (non-hydrogen) atoms. The van der Waals surface area contributed by atoms with Crippen molar-refractivity contribution in [1.82, 2.24) is 5.32 Å². The number of carbonyl (C=O) groups is 3. The predicted molar refractivity (Wildman–Crippen MR) is 97.8 cm³/mol. The third-order valence-electron chi connectivity index (χ3n) is 4.04. The monoisotopic (exact) mass is 362 g/mol. The van der Waals surface area contributed by atoms with Crippen LogP contribution in [-0.4, -0.2) is 50.2 Å². The number of nitrogens with one attached hydrogen (secondary N) is 1. The molecule has 142 valence electrons. The number of carbonyl (C=O) groups excluding carboxylic acids is 3. The quantitative estimate of drug-likeness (QED) is 0.655. The zero-order valence-electron chi connectivity index (χ0n) is 15.7. The number of anilines is 1. The highest BCUT2D eigenvalue weighted by molar-refractivity contribution is 5.97. The van der Waals surface area contributed by atoms with E-state index in [-0.39, 0.29) is 6.04 Å². The maximum Gasteiger partial charge on any atom is 0.407 e. The molecule has 1 aliphatic rings. The molecule has 0 saturated carbocycles. The van der Waals surface area contributed by atoms with Crippen molar-refractivity contribution in [2.24, 2.45) is 0 Å². The molecule has 2 rings (SSSR count). The number of hydrogen-bond donors (Lipinski definition) is 1. The standard InChI is InChI=1S/C19H26N2O5/c1-19(2,3)26-18(24)20-14-6-5-9-21(11-14)16-8-7-13(12-22)10-15(16)17(23)25-4/h7-8,10,12,14H,5-6,9,11H2,1-4H3,(H,20,24)/t14-/m1/s1. The van der Waals surface area contributed by atoms with Crippen molar-refractivity contribution in [1.29, 1.82) is 0 Å². The molecule has 0 unspecified atom stereocenters. The number of hydrogen-bond acceptors (Lipinski definition) is 6. The second kappa shape index (κ2) is 8.21. The number of ether oxygens (including phenoxy) is 2. The van der Waals surface area contributed by atoms with Gasteiger partial charge in [0.25, 0.3) is 0 Å². The number of piperidine rings is 1. The number of alkyl carbamates (subject to hydrolysis) is 1. The molecule has 1 amide bonds. The Hall–Kier alpha value is -2.57. The molecule has 1 N–H and O–H groups in total. The largest absolute Gasteiger partial charge is 0.465 e. The van der Waals surface area contributed by atoms with E-state index in [0.29, 0.717) is 29.6 Å². The summed E-state index contributed by atoms with van der Waals surface area (Å²) in [6, 6.07) is 4.85. The lowest BCUT2D eigenvalue weighted by Crippen LogP contribution is -2.49. The van der Waals surface area contributed by atoms with Gasteiger partial charge >= 0.3 is 12.1 Å². The van der Waals surface area contributed by atoms with Gasteiger partial charge in [-0.25, -0.2) is 9.59 Å². The van der Waals surface area contributed by atoms with Crippen LogP contribution in [-0.2, 0) is 9.47 Å². The molecule has 1 aromatic carbocycles. The van der Waals surface area contributed by atoms with E-state index in [1.807, 2.05) is 25.7 Å². The highest BCUT2D eigenvalue weighted by Gasteiger charge is 2.26. The number of nitrogens with zero attached hydrogens (tertiary/aromatic N) is 1. The van der Waals surface area contributed by atoms with Crippen LogP contribution in [0.3, 0.4) is 0 Å². The molecule has 1 aromatic rings. The van der Waals surface area contributed by atoms with Crippen LogP contribution in [0.15, 0.2) is 18.2 Å². The van der Waals surface area contributed by atoms with Gasteiger partial charge in [0.05, 0.1) is 18.4 Å². The topological polar surface area (TPSA) is 84.9 Å². The number of esters is 1. The Morgan fingerprint density at radius 1 is 1.31 bits per heavy atom. The average molecular weight is 362 g/mol. The van der Waals surface area contributed by atoms with E-state index in [0.717, 1.165) is 19.4 Å². The van der Waals surface area contributed by atoms with Crippen LogP contribution in [0.2, 0.25) is 0 Å². The van der Waals surface area contributed by atoms with Crippen LogP contribution >= 0.6 is 0 Å². The zero-order valence-corrected chi connectivity index (χ0v) is 15.7. The Labute approximate surface area is 153 Å². The van der Waals surface area contributed by atoms with Crippen molar-refractivity contribution in [3.8, 4) is 0 Å². The minimum atomic E-state index is -0.554. The first-order chi connectivity index (χ1) is 12.2. The van der Waals surface area contributed by atoms with E-state index in [4.69, 9.17) is 9.47 Å². The van der Waals surface area contributed by atoms with Gasteiger partial charge < -0.3 is 19.7 Å². The Balaban J connectivity index is 2.15. The summed E-state index contributed by atoms with van der Waals surface area (Å²) in [5.41, 5.74) is 0.893. The Bertz CT molecular complexity index is 681. The maximum absolute atomic E-state index is 12.1. The third kappa shape index (κ3) is 5.21. The Kier molecular flexibility index (Phi) is 6.23. The van der Waals surface area contributed by atoms with Crippen LogP contribution in [0.5, 0.6) is 0 Å². The third-order valence-corrected chi connectivity index (χ3v) is 4.04. The molecule has 1 aliphatic heterocycles. The lowest BCUT2D eigenvalue weighted by molar-refractivity contribution is 0.0498. The molecule has 1 fully saturated rings. The van der Waals surface area contributed by atoms with Gasteiger partial charge in [0.1, 0.15) is 11.9 Å². The predicted octanol–water partition coefficient (Wildman–Crippen LogP) is 2.78. The van der Waals surface area contributed by atoms with Gasteiger partial charge in [0.2, 0.25) is 0 Å². The van der Waals surface area contributed by atoms with Crippen LogP contribution in [0, 0.1) is 0 Å². The highest BCUT2D eigenvalue weighted by atomic mass is 16.6. The molecule has 0 spiro atoms. The van der Waals surface area contributed by atoms with Crippen molar-refractivity contribution < 1.29 is 23.9 Å². The highest BCUT2D eigenvalue weighted by Crippen LogP contribution is 2.26. The average Bonchev–Trinajstić information content (AvgIpc) is 2.59. The molecule has 0 bridgehead atoms. The molecule has 0 radical (unpaired) electrons. The molecule has 7 nitrogen and oxygen atoms in total. The van der Waals surface area contributed by atoms with Crippen LogP contribution in [0.25, 0.3) is 0 Å². The van der Waals surface area contributed by atoms with Crippen LogP contribution in [0.1, 0.15) is 54.3 Å². The van der Waals surface area contributed by atoms with E-state index in [1.54, 1.807) is 12.1 Å². The fourth-order valence-corrected chi connectivity index (χ4v) is 2.96. The summed E-state index contributed by atoms with van der Waals surface area (Å²) < 4.78 is 10.2. The minimum absolute atomic E-state index is 0.0881. The van der Waals surface area contributed by atoms with Gasteiger partial charge in [0, 0.05) is 24.7 Å². The molecule has 1 heterocycles. The van der Waals surface area contributed by atoms with E-state index in [2.05, 4.69) is 5.32 Å². The molecule has 7 heteroatoms. The van der Waals surface area contributed by atoms with Gasteiger partial charge in [-0.2, -0.15) is 0 Å². The number of amides is 1. The van der Waals surface area contributed by atoms with Crippen LogP contribution < -0.4 is 10.2 Å². The van der Waals surface area contributed by atoms with Crippen molar-refractivity contribution in [3.63, 3.8) is 0 Å². The molecule has 1 atom stereocenters. The lowest BCUT2D eigenvalue weighted by atomic mass is 10.0. The Morgan fingerprint density at radius 3 is 2.65 bits per heavy atom. The van der Waals surface area contributed by atoms with E-state index >= 15 is 0 Å². The van der Waals surface area contributed by atoms with E-state index < -0.39 is 17.7 Å². The number of aldehydes is 1. The van der Waals surface area contributed by atoms with Crippen molar-refractivity contribution in [2.75, 3.05) is 25.1 Å². The van der Waals surface area contributed by atoms with Gasteiger partial charge in [-0.05, 0) is 51.8 Å². The second-order valence-corrected chi connectivity index (χ2v) is 7.32. The second-order valence-electron chi connectivity index (χ2n) is 7.32. The first-order valence-corrected chi connectivity index (χ1v) is 8.65. The maximum atomic E-state index is 12.1. The van der Waals surface area contributed by atoms with E-state index in [1.165, 1.54) is 13.2 Å². The molecule has 0 aliphatic carbocycles. The summed E-state index contributed by atoms with van der Waals surface area (Å²) in [6.45, 7) is 6.74. The van der Waals surface area contributed by atoms with Crippen molar-refractivity contribution in [3.05, 3.63) is 29.3 Å². The first kappa shape index (κ1) is 19.8. The summed E-state index contributed by atoms with van der Waals surface area (Å²) in [7, 11) is 1.31. The first-order valence-electron chi connectivity index (χ1n) is 8.65. The molecule has 1 saturated heterocycles. The normalized spacial score (nSPS) is 17.4. The summed E-state index contributed by atoms with van der Waals surface area (Å²) in [5.74, 6) is -0.495. The fourth-order valence-electron chi connectivity index (χ4n) is 2.96. The summed E-state index contributed by atoms with van der Waals surface area (Å²) >= 11 is 0. The summed E-state index contributed by atoms with van der Waals surface area (Å²) in [5, 5.41) is 2.89.